The van der Waals surface area contributed by atoms with Crippen LogP contribution in [0, 0.1) is 5.92 Å². The van der Waals surface area contributed by atoms with Gasteiger partial charge in [-0.05, 0) is 35.7 Å². The van der Waals surface area contributed by atoms with Gasteiger partial charge >= 0.3 is 0 Å². The minimum Gasteiger partial charge on any atom is -0.497 e. The van der Waals surface area contributed by atoms with Crippen molar-refractivity contribution in [2.75, 3.05) is 71.5 Å². The van der Waals surface area contributed by atoms with Gasteiger partial charge in [-0.25, -0.2) is 0 Å². The van der Waals surface area contributed by atoms with Crippen molar-refractivity contribution in [1.82, 2.24) is 9.80 Å². The number of para-hydroxylation sites is 1. The Bertz CT molecular complexity index is 852. The fourth-order valence-corrected chi connectivity index (χ4v) is 4.88. The van der Waals surface area contributed by atoms with E-state index in [-0.39, 0.29) is 12.5 Å². The van der Waals surface area contributed by atoms with Gasteiger partial charge in [-0.2, -0.15) is 0 Å². The van der Waals surface area contributed by atoms with Crippen LogP contribution in [-0.2, 0) is 9.53 Å². The zero-order valence-electron chi connectivity index (χ0n) is 18.6. The van der Waals surface area contributed by atoms with Crippen molar-refractivity contribution < 1.29 is 14.3 Å². The molecule has 1 amide bonds. The van der Waals surface area contributed by atoms with Crippen LogP contribution in [0.1, 0.15) is 11.5 Å². The maximum absolute atomic E-state index is 12.5. The molecule has 0 aromatic heterocycles. The van der Waals surface area contributed by atoms with E-state index in [4.69, 9.17) is 9.47 Å². The van der Waals surface area contributed by atoms with E-state index in [0.29, 0.717) is 11.8 Å². The van der Waals surface area contributed by atoms with Crippen LogP contribution in [0.5, 0.6) is 5.75 Å². The number of hydrogen-bond donors (Lipinski definition) is 0. The maximum Gasteiger partial charge on any atom is 0.248 e. The molecule has 2 aromatic rings. The fourth-order valence-electron chi connectivity index (χ4n) is 4.88. The molecule has 2 aliphatic rings. The van der Waals surface area contributed by atoms with Crippen LogP contribution in [-0.4, -0.2) is 82.3 Å². The monoisotopic (exact) mass is 423 g/mol. The first kappa shape index (κ1) is 21.7. The third kappa shape index (κ3) is 5.20. The van der Waals surface area contributed by atoms with Crippen molar-refractivity contribution in [3.8, 4) is 5.75 Å². The van der Waals surface area contributed by atoms with Crippen molar-refractivity contribution in [3.63, 3.8) is 0 Å². The first-order valence-corrected chi connectivity index (χ1v) is 11.1. The van der Waals surface area contributed by atoms with E-state index in [0.717, 1.165) is 51.6 Å². The average Bonchev–Trinajstić information content (AvgIpc) is 3.24. The third-order valence-electron chi connectivity index (χ3n) is 6.57. The lowest BCUT2D eigenvalue weighted by atomic mass is 9.88. The molecule has 0 bridgehead atoms. The molecule has 6 heteroatoms. The highest BCUT2D eigenvalue weighted by molar-refractivity contribution is 5.78. The Hall–Kier alpha value is -2.57. The Kier molecular flexibility index (Phi) is 7.10. The number of methoxy groups -OCH3 is 2. The van der Waals surface area contributed by atoms with E-state index in [1.54, 1.807) is 14.2 Å². The van der Waals surface area contributed by atoms with Gasteiger partial charge in [0.15, 0.2) is 0 Å². The first-order chi connectivity index (χ1) is 15.2. The topological polar surface area (TPSA) is 45.2 Å². The van der Waals surface area contributed by atoms with Crippen LogP contribution in [0.2, 0.25) is 0 Å². The molecule has 166 valence electrons. The normalized spacial score (nSPS) is 22.0. The number of carbonyl (C=O) groups is 1. The second-order valence-corrected chi connectivity index (χ2v) is 8.50. The van der Waals surface area contributed by atoms with Crippen molar-refractivity contribution in [1.29, 1.82) is 0 Å². The SMILES string of the molecule is COCC(=O)N1CC(CN2CCN(c3ccccc3)CC2)C(c2cccc(OC)c2)C1. The molecule has 0 spiro atoms. The number of rotatable bonds is 7. The van der Waals surface area contributed by atoms with Crippen LogP contribution >= 0.6 is 0 Å². The summed E-state index contributed by atoms with van der Waals surface area (Å²) in [6.07, 6.45) is 0. The van der Waals surface area contributed by atoms with Gasteiger partial charge in [-0.3, -0.25) is 9.69 Å². The quantitative estimate of drug-likeness (QED) is 0.685. The van der Waals surface area contributed by atoms with Crippen LogP contribution < -0.4 is 9.64 Å². The van der Waals surface area contributed by atoms with Crippen molar-refractivity contribution in [2.45, 2.75) is 5.92 Å². The van der Waals surface area contributed by atoms with E-state index < -0.39 is 0 Å². The maximum atomic E-state index is 12.5. The van der Waals surface area contributed by atoms with Crippen LogP contribution in [0.15, 0.2) is 54.6 Å². The van der Waals surface area contributed by atoms with Gasteiger partial charge in [-0.15, -0.1) is 0 Å². The fraction of sp³-hybridized carbons (Fsp3) is 0.480. The summed E-state index contributed by atoms with van der Waals surface area (Å²) in [5.41, 5.74) is 2.55. The summed E-state index contributed by atoms with van der Waals surface area (Å²) >= 11 is 0. The van der Waals surface area contributed by atoms with Gasteiger partial charge in [0.2, 0.25) is 5.91 Å². The summed E-state index contributed by atoms with van der Waals surface area (Å²) in [7, 11) is 3.28. The minimum atomic E-state index is 0.0757. The lowest BCUT2D eigenvalue weighted by molar-refractivity contribution is -0.134. The van der Waals surface area contributed by atoms with E-state index in [2.05, 4.69) is 52.3 Å². The molecule has 0 saturated carbocycles. The molecule has 0 radical (unpaired) electrons. The minimum absolute atomic E-state index is 0.0757. The summed E-state index contributed by atoms with van der Waals surface area (Å²) < 4.78 is 10.6. The Balaban J connectivity index is 1.43. The van der Waals surface area contributed by atoms with Crippen molar-refractivity contribution in [2.24, 2.45) is 5.92 Å². The first-order valence-electron chi connectivity index (χ1n) is 11.1. The predicted molar refractivity (Wildman–Crippen MR) is 123 cm³/mol. The zero-order chi connectivity index (χ0) is 21.6. The highest BCUT2D eigenvalue weighted by atomic mass is 16.5. The standard InChI is InChI=1S/C25H33N3O3/c1-30-19-25(29)28-17-21(24(18-28)20-7-6-10-23(15-20)31-2)16-26-11-13-27(14-12-26)22-8-4-3-5-9-22/h3-10,15,21,24H,11-14,16-19H2,1-2H3. The van der Waals surface area contributed by atoms with E-state index in [1.807, 2.05) is 17.0 Å². The van der Waals surface area contributed by atoms with E-state index in [1.165, 1.54) is 11.3 Å². The summed E-state index contributed by atoms with van der Waals surface area (Å²) in [5.74, 6) is 1.65. The van der Waals surface area contributed by atoms with E-state index >= 15 is 0 Å². The zero-order valence-corrected chi connectivity index (χ0v) is 18.6. The predicted octanol–water partition coefficient (Wildman–Crippen LogP) is 2.71. The number of amides is 1. The number of piperazine rings is 1. The molecule has 0 aliphatic carbocycles. The molecular formula is C25H33N3O3. The van der Waals surface area contributed by atoms with Gasteiger partial charge in [0, 0.05) is 64.5 Å². The highest BCUT2D eigenvalue weighted by Crippen LogP contribution is 2.35. The number of carbonyl (C=O) groups excluding carboxylic acids is 1. The van der Waals surface area contributed by atoms with Gasteiger partial charge in [0.1, 0.15) is 12.4 Å². The molecule has 31 heavy (non-hydrogen) atoms. The molecule has 2 unspecified atom stereocenters. The molecular weight excluding hydrogens is 390 g/mol. The molecule has 2 atom stereocenters. The second kappa shape index (κ2) is 10.2. The second-order valence-electron chi connectivity index (χ2n) is 8.50. The Morgan fingerprint density at radius 3 is 2.45 bits per heavy atom. The number of nitrogens with zero attached hydrogens (tertiary/aromatic N) is 3. The summed E-state index contributed by atoms with van der Waals surface area (Å²) in [6, 6.07) is 18.9. The molecule has 2 aromatic carbocycles. The Labute approximate surface area is 185 Å². The highest BCUT2D eigenvalue weighted by Gasteiger charge is 2.37. The molecule has 4 rings (SSSR count). The lowest BCUT2D eigenvalue weighted by Gasteiger charge is -2.37. The largest absolute Gasteiger partial charge is 0.497 e. The van der Waals surface area contributed by atoms with E-state index in [9.17, 15) is 4.79 Å². The Morgan fingerprint density at radius 1 is 0.968 bits per heavy atom. The summed E-state index contributed by atoms with van der Waals surface area (Å²) in [5, 5.41) is 0. The molecule has 6 nitrogen and oxygen atoms in total. The van der Waals surface area contributed by atoms with Gasteiger partial charge in [0.25, 0.3) is 0 Å². The van der Waals surface area contributed by atoms with Gasteiger partial charge in [-0.1, -0.05) is 30.3 Å². The third-order valence-corrected chi connectivity index (χ3v) is 6.57. The van der Waals surface area contributed by atoms with Crippen molar-refractivity contribution in [3.05, 3.63) is 60.2 Å². The molecule has 2 saturated heterocycles. The van der Waals surface area contributed by atoms with Gasteiger partial charge < -0.3 is 19.3 Å². The number of ether oxygens (including phenoxy) is 2. The van der Waals surface area contributed by atoms with Crippen molar-refractivity contribution >= 4 is 11.6 Å². The molecule has 0 N–H and O–H groups in total. The molecule has 2 heterocycles. The Morgan fingerprint density at radius 2 is 1.74 bits per heavy atom. The number of likely N-dealkylation sites (tertiary alicyclic amines) is 1. The van der Waals surface area contributed by atoms with Crippen LogP contribution in [0.25, 0.3) is 0 Å². The van der Waals surface area contributed by atoms with Crippen LogP contribution in [0.3, 0.4) is 0 Å². The smallest absolute Gasteiger partial charge is 0.248 e. The average molecular weight is 424 g/mol. The number of benzene rings is 2. The summed E-state index contributed by atoms with van der Waals surface area (Å²) in [4.78, 5) is 19.5. The summed E-state index contributed by atoms with van der Waals surface area (Å²) in [6.45, 7) is 6.83. The number of hydrogen-bond acceptors (Lipinski definition) is 5. The lowest BCUT2D eigenvalue weighted by Crippen LogP contribution is -2.48. The van der Waals surface area contributed by atoms with Crippen LogP contribution in [0.4, 0.5) is 5.69 Å². The molecule has 2 fully saturated rings. The molecule has 2 aliphatic heterocycles. The van der Waals surface area contributed by atoms with Gasteiger partial charge in [0.05, 0.1) is 7.11 Å². The number of anilines is 1.